The molecule has 1 aliphatic rings. The minimum Gasteiger partial charge on any atom is -0.505 e. The third kappa shape index (κ3) is 2.61. The highest BCUT2D eigenvalue weighted by atomic mass is 35.5. The largest absolute Gasteiger partial charge is 0.505 e. The summed E-state index contributed by atoms with van der Waals surface area (Å²) in [5.74, 6) is -1.48. The summed E-state index contributed by atoms with van der Waals surface area (Å²) in [6.07, 6.45) is 0. The van der Waals surface area contributed by atoms with Gasteiger partial charge >= 0.3 is 0 Å². The summed E-state index contributed by atoms with van der Waals surface area (Å²) in [5.41, 5.74) is 5.51. The van der Waals surface area contributed by atoms with Gasteiger partial charge in [-0.1, -0.05) is 35.9 Å². The Hall–Kier alpha value is -2.51. The molecule has 0 saturated heterocycles. The van der Waals surface area contributed by atoms with Gasteiger partial charge in [-0.15, -0.1) is 0 Å². The third-order valence-electron chi connectivity index (χ3n) is 3.66. The van der Waals surface area contributed by atoms with Gasteiger partial charge < -0.3 is 10.8 Å². The Balaban J connectivity index is 2.18. The highest BCUT2D eigenvalue weighted by Gasteiger charge is 2.39. The van der Waals surface area contributed by atoms with Crippen molar-refractivity contribution in [2.45, 2.75) is 11.4 Å². The Labute approximate surface area is 143 Å². The van der Waals surface area contributed by atoms with Crippen LogP contribution in [0.2, 0.25) is 5.02 Å². The van der Waals surface area contributed by atoms with E-state index in [1.54, 1.807) is 36.4 Å². The zero-order chi connectivity index (χ0) is 17.5. The number of amides is 1. The lowest BCUT2D eigenvalue weighted by Crippen LogP contribution is -2.39. The number of sulfonamides is 1. The van der Waals surface area contributed by atoms with E-state index < -0.39 is 27.4 Å². The van der Waals surface area contributed by atoms with Gasteiger partial charge in [-0.05, 0) is 29.8 Å². The Morgan fingerprint density at radius 2 is 1.75 bits per heavy atom. The van der Waals surface area contributed by atoms with E-state index in [1.165, 1.54) is 12.1 Å². The van der Waals surface area contributed by atoms with E-state index in [0.29, 0.717) is 10.6 Å². The molecule has 0 fully saturated rings. The smallest absolute Gasteiger partial charge is 0.269 e. The van der Waals surface area contributed by atoms with Crippen molar-refractivity contribution in [3.05, 3.63) is 70.4 Å². The Morgan fingerprint density at radius 3 is 2.38 bits per heavy atom. The second-order valence-electron chi connectivity index (χ2n) is 5.20. The van der Waals surface area contributed by atoms with Crippen molar-refractivity contribution in [3.63, 3.8) is 0 Å². The zero-order valence-electron chi connectivity index (χ0n) is 12.3. The normalized spacial score (nSPS) is 16.0. The molecule has 0 bridgehead atoms. The predicted molar refractivity (Wildman–Crippen MR) is 89.4 cm³/mol. The number of nitrogens with two attached hydrogens (primary N) is 1. The van der Waals surface area contributed by atoms with Crippen LogP contribution in [0.1, 0.15) is 11.1 Å². The second-order valence-corrected chi connectivity index (χ2v) is 7.46. The topological polar surface area (TPSA) is 101 Å². The fraction of sp³-hybridized carbons (Fsp3) is 0.0625. The number of primary amides is 1. The fourth-order valence-corrected chi connectivity index (χ4v) is 4.32. The molecule has 0 unspecified atom stereocenters. The summed E-state index contributed by atoms with van der Waals surface area (Å²) in [7, 11) is -4.04. The minimum atomic E-state index is -4.04. The van der Waals surface area contributed by atoms with E-state index in [-0.39, 0.29) is 17.0 Å². The van der Waals surface area contributed by atoms with Crippen LogP contribution in [0.4, 0.5) is 0 Å². The number of halogens is 1. The van der Waals surface area contributed by atoms with Crippen LogP contribution in [0, 0.1) is 0 Å². The predicted octanol–water partition coefficient (Wildman–Crippen LogP) is 2.26. The molecular weight excluding hydrogens is 352 g/mol. The molecule has 0 spiro atoms. The molecule has 0 radical (unpaired) electrons. The van der Waals surface area contributed by atoms with Crippen LogP contribution in [0.25, 0.3) is 5.76 Å². The number of rotatable bonds is 3. The number of hydrogen-bond donors (Lipinski definition) is 2. The Kier molecular flexibility index (Phi) is 3.98. The summed E-state index contributed by atoms with van der Waals surface area (Å²) in [5, 5.41) is 10.9. The van der Waals surface area contributed by atoms with Crippen molar-refractivity contribution in [1.82, 2.24) is 4.31 Å². The maximum absolute atomic E-state index is 12.9. The van der Waals surface area contributed by atoms with Crippen LogP contribution in [0.5, 0.6) is 0 Å². The first kappa shape index (κ1) is 16.4. The van der Waals surface area contributed by atoms with Crippen LogP contribution in [-0.2, 0) is 21.4 Å². The first-order chi connectivity index (χ1) is 11.3. The lowest BCUT2D eigenvalue weighted by atomic mass is 10.1. The first-order valence-corrected chi connectivity index (χ1v) is 8.74. The monoisotopic (exact) mass is 364 g/mol. The summed E-state index contributed by atoms with van der Waals surface area (Å²) in [6.45, 7) is -0.157. The van der Waals surface area contributed by atoms with E-state index in [0.717, 1.165) is 4.31 Å². The lowest BCUT2D eigenvalue weighted by molar-refractivity contribution is -0.115. The summed E-state index contributed by atoms with van der Waals surface area (Å²) in [4.78, 5) is 11.7. The Bertz CT molecular complexity index is 952. The number of fused-ring (bicyclic) bond motifs is 1. The van der Waals surface area contributed by atoms with Gasteiger partial charge in [-0.25, -0.2) is 8.42 Å². The highest BCUT2D eigenvalue weighted by molar-refractivity contribution is 7.89. The molecule has 0 atom stereocenters. The highest BCUT2D eigenvalue weighted by Crippen LogP contribution is 2.36. The van der Waals surface area contributed by atoms with Crippen LogP contribution in [-0.4, -0.2) is 23.7 Å². The van der Waals surface area contributed by atoms with Gasteiger partial charge in [0.2, 0.25) is 0 Å². The van der Waals surface area contributed by atoms with E-state index in [9.17, 15) is 18.3 Å². The maximum atomic E-state index is 12.9. The van der Waals surface area contributed by atoms with E-state index in [4.69, 9.17) is 17.3 Å². The molecule has 0 aromatic heterocycles. The van der Waals surface area contributed by atoms with Gasteiger partial charge in [0.1, 0.15) is 0 Å². The van der Waals surface area contributed by atoms with Gasteiger partial charge in [0.25, 0.3) is 15.9 Å². The van der Waals surface area contributed by atoms with E-state index in [1.807, 2.05) is 0 Å². The van der Waals surface area contributed by atoms with E-state index >= 15 is 0 Å². The first-order valence-electron chi connectivity index (χ1n) is 6.92. The molecule has 1 heterocycles. The standard InChI is InChI=1S/C16H13ClN2O4S/c17-11-7-5-10(6-8-11)9-19-14(16(18)21)15(20)12-3-1-2-4-13(12)24(19,22)23/h1-8,20H,9H2,(H2,18,21). The molecule has 24 heavy (non-hydrogen) atoms. The summed E-state index contributed by atoms with van der Waals surface area (Å²) < 4.78 is 26.6. The van der Waals surface area contributed by atoms with Crippen molar-refractivity contribution >= 4 is 33.3 Å². The van der Waals surface area contributed by atoms with Crippen LogP contribution in [0.15, 0.2) is 59.1 Å². The molecule has 3 N–H and O–H groups in total. The molecule has 2 aromatic rings. The molecule has 0 saturated carbocycles. The molecular formula is C16H13ClN2O4S. The number of hydrogen-bond acceptors (Lipinski definition) is 4. The van der Waals surface area contributed by atoms with Crippen LogP contribution < -0.4 is 5.73 Å². The molecule has 1 amide bonds. The van der Waals surface area contributed by atoms with Crippen molar-refractivity contribution in [2.24, 2.45) is 5.73 Å². The van der Waals surface area contributed by atoms with Gasteiger partial charge in [-0.2, -0.15) is 0 Å². The van der Waals surface area contributed by atoms with Crippen molar-refractivity contribution in [2.75, 3.05) is 0 Å². The molecule has 0 aliphatic carbocycles. The van der Waals surface area contributed by atoms with E-state index in [2.05, 4.69) is 0 Å². The molecule has 2 aromatic carbocycles. The fourth-order valence-electron chi connectivity index (χ4n) is 2.53. The number of nitrogens with zero attached hydrogens (tertiary/aromatic N) is 1. The van der Waals surface area contributed by atoms with Gasteiger partial charge in [-0.3, -0.25) is 9.10 Å². The zero-order valence-corrected chi connectivity index (χ0v) is 13.9. The second kappa shape index (κ2) is 5.85. The van der Waals surface area contributed by atoms with Crippen LogP contribution in [0.3, 0.4) is 0 Å². The number of aliphatic hydroxyl groups excluding tert-OH is 1. The summed E-state index contributed by atoms with van der Waals surface area (Å²) >= 11 is 5.82. The average molecular weight is 365 g/mol. The van der Waals surface area contributed by atoms with Crippen LogP contribution >= 0.6 is 11.6 Å². The molecule has 3 rings (SSSR count). The van der Waals surface area contributed by atoms with Gasteiger partial charge in [0.15, 0.2) is 11.5 Å². The van der Waals surface area contributed by atoms with Crippen molar-refractivity contribution < 1.29 is 18.3 Å². The van der Waals surface area contributed by atoms with Gasteiger partial charge in [0.05, 0.1) is 11.4 Å². The molecule has 8 heteroatoms. The SMILES string of the molecule is NC(=O)C1=C(O)c2ccccc2S(=O)(=O)N1Cc1ccc(Cl)cc1. The van der Waals surface area contributed by atoms with Crippen molar-refractivity contribution in [3.8, 4) is 0 Å². The Morgan fingerprint density at radius 1 is 1.12 bits per heavy atom. The maximum Gasteiger partial charge on any atom is 0.269 e. The number of benzene rings is 2. The quantitative estimate of drug-likeness (QED) is 0.872. The number of carbonyl (C=O) groups excluding carboxylic acids is 1. The average Bonchev–Trinajstić information content (AvgIpc) is 2.54. The molecule has 6 nitrogen and oxygen atoms in total. The van der Waals surface area contributed by atoms with Gasteiger partial charge in [0, 0.05) is 10.6 Å². The summed E-state index contributed by atoms with van der Waals surface area (Å²) in [6, 6.07) is 12.4. The minimum absolute atomic E-state index is 0.0543. The lowest BCUT2D eigenvalue weighted by Gasteiger charge is -2.30. The molecule has 124 valence electrons. The number of carbonyl (C=O) groups is 1. The number of aliphatic hydroxyl groups is 1. The van der Waals surface area contributed by atoms with Crippen molar-refractivity contribution in [1.29, 1.82) is 0 Å². The third-order valence-corrected chi connectivity index (χ3v) is 5.71. The molecule has 1 aliphatic heterocycles.